The maximum atomic E-state index is 13.1. The number of nitrogens with zero attached hydrogens (tertiary/aromatic N) is 4. The van der Waals surface area contributed by atoms with Crippen molar-refractivity contribution in [3.05, 3.63) is 52.9 Å². The van der Waals surface area contributed by atoms with Crippen molar-refractivity contribution in [1.82, 2.24) is 14.8 Å². The second-order valence-electron chi connectivity index (χ2n) is 8.79. The number of pyridine rings is 1. The molecule has 2 amide bonds. The van der Waals surface area contributed by atoms with Gasteiger partial charge in [0.2, 0.25) is 11.8 Å². The lowest BCUT2D eigenvalue weighted by atomic mass is 9.90. The van der Waals surface area contributed by atoms with Crippen molar-refractivity contribution in [2.75, 3.05) is 44.2 Å². The van der Waals surface area contributed by atoms with E-state index in [1.165, 1.54) is 0 Å². The summed E-state index contributed by atoms with van der Waals surface area (Å²) in [4.78, 5) is 37.4. The molecule has 1 aliphatic carbocycles. The summed E-state index contributed by atoms with van der Waals surface area (Å²) in [6.07, 6.45) is 8.26. The zero-order chi connectivity index (χ0) is 21.3. The number of carbonyl (C=O) groups is 2. The molecule has 3 aliphatic rings. The average Bonchev–Trinajstić information content (AvgIpc) is 3.25. The minimum Gasteiger partial charge on any atom is -0.353 e. The molecule has 3 fully saturated rings. The van der Waals surface area contributed by atoms with E-state index >= 15 is 0 Å². The maximum absolute atomic E-state index is 13.1. The highest BCUT2D eigenvalue weighted by Gasteiger charge is 2.59. The van der Waals surface area contributed by atoms with E-state index < -0.39 is 0 Å². The van der Waals surface area contributed by atoms with E-state index in [-0.39, 0.29) is 17.2 Å². The van der Waals surface area contributed by atoms with Gasteiger partial charge in [-0.05, 0) is 54.3 Å². The summed E-state index contributed by atoms with van der Waals surface area (Å²) >= 11 is 1.63. The zero-order valence-electron chi connectivity index (χ0n) is 17.7. The maximum Gasteiger partial charge on any atom is 0.246 e. The Kier molecular flexibility index (Phi) is 5.52. The lowest BCUT2D eigenvalue weighted by molar-refractivity contribution is -0.134. The van der Waals surface area contributed by atoms with Crippen LogP contribution in [0.15, 0.2) is 48.0 Å². The van der Waals surface area contributed by atoms with Gasteiger partial charge in [-0.2, -0.15) is 0 Å². The van der Waals surface area contributed by atoms with Crippen molar-refractivity contribution >= 4 is 35.0 Å². The largest absolute Gasteiger partial charge is 0.353 e. The topological polar surface area (TPSA) is 56.8 Å². The van der Waals surface area contributed by atoms with Gasteiger partial charge in [-0.15, -0.1) is 11.3 Å². The van der Waals surface area contributed by atoms with Gasteiger partial charge >= 0.3 is 0 Å². The standard InChI is InChI=1S/C24H28N4O2S/c29-22(7-6-19-4-3-17-31-19)27-11-8-24(9-12-27)18-20(24)23(30)28-15-13-26(14-16-28)21-5-1-2-10-25-21/h1-7,10,17,20H,8-9,11-16,18H2/b7-6+/t20-/m0/s1. The molecule has 1 saturated carbocycles. The van der Waals surface area contributed by atoms with Gasteiger partial charge in [-0.3, -0.25) is 9.59 Å². The van der Waals surface area contributed by atoms with Crippen molar-refractivity contribution < 1.29 is 9.59 Å². The zero-order valence-corrected chi connectivity index (χ0v) is 18.5. The van der Waals surface area contributed by atoms with Crippen LogP contribution in [0.3, 0.4) is 0 Å². The number of amides is 2. The minimum atomic E-state index is 0.0809. The van der Waals surface area contributed by atoms with Crippen molar-refractivity contribution in [3.8, 4) is 0 Å². The Morgan fingerprint density at radius 1 is 1.00 bits per heavy atom. The molecule has 2 aliphatic heterocycles. The Morgan fingerprint density at radius 3 is 2.48 bits per heavy atom. The fourth-order valence-corrected chi connectivity index (χ4v) is 5.60. The van der Waals surface area contributed by atoms with Crippen LogP contribution in [0.25, 0.3) is 6.08 Å². The van der Waals surface area contributed by atoms with Gasteiger partial charge in [0.15, 0.2) is 0 Å². The van der Waals surface area contributed by atoms with E-state index in [4.69, 9.17) is 0 Å². The molecule has 0 aromatic carbocycles. The van der Waals surface area contributed by atoms with Crippen LogP contribution < -0.4 is 4.90 Å². The van der Waals surface area contributed by atoms with Crippen LogP contribution in [0, 0.1) is 11.3 Å². The Labute approximate surface area is 187 Å². The van der Waals surface area contributed by atoms with Gasteiger partial charge in [-0.1, -0.05) is 12.1 Å². The predicted molar refractivity (Wildman–Crippen MR) is 123 cm³/mol. The van der Waals surface area contributed by atoms with Crippen LogP contribution in [-0.2, 0) is 9.59 Å². The first-order valence-electron chi connectivity index (χ1n) is 11.1. The Morgan fingerprint density at radius 2 is 1.81 bits per heavy atom. The summed E-state index contributed by atoms with van der Waals surface area (Å²) in [7, 11) is 0. The molecule has 1 atom stereocenters. The lowest BCUT2D eigenvalue weighted by Gasteiger charge is -2.37. The van der Waals surface area contributed by atoms with Crippen LogP contribution in [0.5, 0.6) is 0 Å². The highest BCUT2D eigenvalue weighted by molar-refractivity contribution is 7.10. The second kappa shape index (κ2) is 8.46. The fourth-order valence-electron chi connectivity index (χ4n) is 4.98. The first kappa shape index (κ1) is 20.2. The SMILES string of the molecule is O=C(/C=C/c1cccs1)N1CCC2(CC1)C[C@H]2C(=O)N1CCN(c2ccccn2)CC1. The molecule has 0 N–H and O–H groups in total. The Balaban J connectivity index is 1.10. The third-order valence-corrected chi connectivity index (χ3v) is 7.89. The van der Waals surface area contributed by atoms with Crippen LogP contribution in [-0.4, -0.2) is 65.9 Å². The molecule has 5 rings (SSSR count). The van der Waals surface area contributed by atoms with Gasteiger partial charge in [0.05, 0.1) is 0 Å². The predicted octanol–water partition coefficient (Wildman–Crippen LogP) is 3.13. The first-order valence-corrected chi connectivity index (χ1v) is 12.0. The molecule has 6 nitrogen and oxygen atoms in total. The van der Waals surface area contributed by atoms with Gasteiger partial charge in [0, 0.05) is 62.3 Å². The molecule has 4 heterocycles. The molecular formula is C24H28N4O2S. The smallest absolute Gasteiger partial charge is 0.246 e. The Hall–Kier alpha value is -2.67. The van der Waals surface area contributed by atoms with Crippen molar-refractivity contribution in [2.45, 2.75) is 19.3 Å². The van der Waals surface area contributed by atoms with E-state index in [0.29, 0.717) is 5.91 Å². The summed E-state index contributed by atoms with van der Waals surface area (Å²) in [5, 5.41) is 2.01. The third kappa shape index (κ3) is 4.24. The number of aromatic nitrogens is 1. The number of likely N-dealkylation sites (tertiary alicyclic amines) is 1. The summed E-state index contributed by atoms with van der Waals surface area (Å²) in [6.45, 7) is 4.71. The average molecular weight is 437 g/mol. The summed E-state index contributed by atoms with van der Waals surface area (Å²) in [6, 6.07) is 9.95. The molecular weight excluding hydrogens is 408 g/mol. The second-order valence-corrected chi connectivity index (χ2v) is 9.77. The molecule has 7 heteroatoms. The van der Waals surface area contributed by atoms with Gasteiger partial charge < -0.3 is 14.7 Å². The molecule has 0 bridgehead atoms. The lowest BCUT2D eigenvalue weighted by Crippen LogP contribution is -2.50. The molecule has 31 heavy (non-hydrogen) atoms. The van der Waals surface area contributed by atoms with Crippen LogP contribution in [0.1, 0.15) is 24.1 Å². The number of rotatable bonds is 4. The quantitative estimate of drug-likeness (QED) is 0.691. The third-order valence-electron chi connectivity index (χ3n) is 7.06. The van der Waals surface area contributed by atoms with E-state index in [1.807, 2.05) is 57.8 Å². The van der Waals surface area contributed by atoms with E-state index in [9.17, 15) is 9.59 Å². The molecule has 2 aromatic rings. The highest BCUT2D eigenvalue weighted by atomic mass is 32.1. The number of hydrogen-bond donors (Lipinski definition) is 0. The molecule has 1 spiro atoms. The monoisotopic (exact) mass is 436 g/mol. The van der Waals surface area contributed by atoms with Gasteiger partial charge in [0.1, 0.15) is 5.82 Å². The number of hydrogen-bond acceptors (Lipinski definition) is 5. The number of thiophene rings is 1. The molecule has 0 radical (unpaired) electrons. The number of carbonyl (C=O) groups excluding carboxylic acids is 2. The summed E-state index contributed by atoms with van der Waals surface area (Å²) in [5.74, 6) is 1.53. The highest BCUT2D eigenvalue weighted by Crippen LogP contribution is 2.60. The van der Waals surface area contributed by atoms with Gasteiger partial charge in [0.25, 0.3) is 0 Å². The number of piperidine rings is 1. The van der Waals surface area contributed by atoms with Crippen LogP contribution in [0.2, 0.25) is 0 Å². The number of piperazine rings is 1. The molecule has 0 unspecified atom stereocenters. The van der Waals surface area contributed by atoms with Crippen LogP contribution >= 0.6 is 11.3 Å². The normalized spacial score (nSPS) is 22.8. The summed E-state index contributed by atoms with van der Waals surface area (Å²) < 4.78 is 0. The molecule has 2 aromatic heterocycles. The molecule has 2 saturated heterocycles. The van der Waals surface area contributed by atoms with E-state index in [1.54, 1.807) is 17.4 Å². The fraction of sp³-hybridized carbons (Fsp3) is 0.458. The van der Waals surface area contributed by atoms with Crippen molar-refractivity contribution in [2.24, 2.45) is 11.3 Å². The van der Waals surface area contributed by atoms with Crippen molar-refractivity contribution in [3.63, 3.8) is 0 Å². The molecule has 162 valence electrons. The summed E-state index contributed by atoms with van der Waals surface area (Å²) in [5.41, 5.74) is 0.128. The van der Waals surface area contributed by atoms with Crippen LogP contribution in [0.4, 0.5) is 5.82 Å². The number of anilines is 1. The van der Waals surface area contributed by atoms with Gasteiger partial charge in [-0.25, -0.2) is 4.98 Å². The van der Waals surface area contributed by atoms with Crippen molar-refractivity contribution in [1.29, 1.82) is 0 Å². The van der Waals surface area contributed by atoms with E-state index in [2.05, 4.69) is 9.88 Å². The Bertz CT molecular complexity index is 943. The van der Waals surface area contributed by atoms with E-state index in [0.717, 1.165) is 69.2 Å². The minimum absolute atomic E-state index is 0.0809. The first-order chi connectivity index (χ1) is 15.1.